The number of morpholine rings is 1. The molecule has 0 aromatic carbocycles. The van der Waals surface area contributed by atoms with Crippen LogP contribution in [-0.4, -0.2) is 51.6 Å². The molecule has 21 heavy (non-hydrogen) atoms. The Morgan fingerprint density at radius 3 is 2.95 bits per heavy atom. The van der Waals surface area contributed by atoms with Crippen LogP contribution in [0.3, 0.4) is 0 Å². The summed E-state index contributed by atoms with van der Waals surface area (Å²) in [4.78, 5) is 11.7. The number of nitriles is 1. The van der Waals surface area contributed by atoms with Crippen LogP contribution in [0.1, 0.15) is 15.2 Å². The van der Waals surface area contributed by atoms with Crippen molar-refractivity contribution >= 4 is 27.3 Å². The molecule has 1 aliphatic rings. The molecule has 1 unspecified atom stereocenters. The van der Waals surface area contributed by atoms with Crippen LogP contribution in [0.2, 0.25) is 0 Å². The van der Waals surface area contributed by atoms with E-state index < -0.39 is 22.1 Å². The first kappa shape index (κ1) is 15.9. The Morgan fingerprint density at radius 2 is 2.33 bits per heavy atom. The van der Waals surface area contributed by atoms with Crippen molar-refractivity contribution in [2.45, 2.75) is 17.9 Å². The average Bonchev–Trinajstić information content (AvgIpc) is 2.89. The van der Waals surface area contributed by atoms with Crippen molar-refractivity contribution in [2.24, 2.45) is 0 Å². The van der Waals surface area contributed by atoms with Gasteiger partial charge in [0, 0.05) is 6.54 Å². The third-order valence-corrected chi connectivity index (χ3v) is 6.32. The number of ether oxygens (including phenoxy) is 2. The normalized spacial score (nSPS) is 20.0. The lowest BCUT2D eigenvalue weighted by atomic mass is 10.3. The second kappa shape index (κ2) is 6.11. The summed E-state index contributed by atoms with van der Waals surface area (Å²) in [5.74, 6) is -0.684. The van der Waals surface area contributed by atoms with Crippen molar-refractivity contribution in [3.8, 4) is 6.07 Å². The van der Waals surface area contributed by atoms with Gasteiger partial charge in [-0.2, -0.15) is 9.57 Å². The van der Waals surface area contributed by atoms with Gasteiger partial charge in [0.1, 0.15) is 9.77 Å². The quantitative estimate of drug-likeness (QED) is 0.759. The molecule has 0 amide bonds. The average molecular weight is 330 g/mol. The topological polar surface area (TPSA) is 96.7 Å². The molecule has 1 aromatic rings. The zero-order chi connectivity index (χ0) is 15.6. The van der Waals surface area contributed by atoms with E-state index in [0.29, 0.717) is 5.56 Å². The summed E-state index contributed by atoms with van der Waals surface area (Å²) >= 11 is 1.03. The summed E-state index contributed by atoms with van der Waals surface area (Å²) in [5, 5.41) is 10.5. The highest BCUT2D eigenvalue weighted by molar-refractivity contribution is 7.89. The van der Waals surface area contributed by atoms with Gasteiger partial charge in [0.05, 0.1) is 26.3 Å². The number of carbonyl (C=O) groups excluding carboxylic acids is 1. The van der Waals surface area contributed by atoms with E-state index in [9.17, 15) is 13.2 Å². The van der Waals surface area contributed by atoms with Crippen LogP contribution in [0.4, 0.5) is 0 Å². The first-order valence-corrected chi connectivity index (χ1v) is 8.41. The highest BCUT2D eigenvalue weighted by Gasteiger charge is 2.35. The maximum Gasteiger partial charge on any atom is 0.349 e. The molecule has 0 N–H and O–H groups in total. The Kier molecular flexibility index (Phi) is 4.63. The zero-order valence-corrected chi connectivity index (χ0v) is 13.2. The Bertz CT molecular complexity index is 689. The van der Waals surface area contributed by atoms with Crippen LogP contribution in [0, 0.1) is 18.3 Å². The number of methoxy groups -OCH3 is 1. The Labute approximate surface area is 126 Å². The zero-order valence-electron chi connectivity index (χ0n) is 11.5. The molecule has 1 aromatic heterocycles. The number of sulfonamides is 1. The number of thiophene rings is 1. The lowest BCUT2D eigenvalue weighted by Gasteiger charge is -2.29. The van der Waals surface area contributed by atoms with Gasteiger partial charge in [-0.3, -0.25) is 0 Å². The molecule has 1 saturated heterocycles. The largest absolute Gasteiger partial charge is 0.465 e. The predicted octanol–water partition coefficient (Wildman–Crippen LogP) is 0.756. The number of hydrogen-bond acceptors (Lipinski definition) is 7. The fourth-order valence-corrected chi connectivity index (χ4v) is 5.12. The van der Waals surface area contributed by atoms with E-state index in [0.717, 1.165) is 11.3 Å². The highest BCUT2D eigenvalue weighted by atomic mass is 32.2. The number of nitrogens with zero attached hydrogens (tertiary/aromatic N) is 2. The van der Waals surface area contributed by atoms with Crippen molar-refractivity contribution < 1.29 is 22.7 Å². The van der Waals surface area contributed by atoms with E-state index in [-0.39, 0.29) is 29.5 Å². The Morgan fingerprint density at radius 1 is 1.62 bits per heavy atom. The lowest BCUT2D eigenvalue weighted by Crippen LogP contribution is -2.45. The van der Waals surface area contributed by atoms with Crippen LogP contribution in [0.25, 0.3) is 0 Å². The smallest absolute Gasteiger partial charge is 0.349 e. The van der Waals surface area contributed by atoms with Crippen molar-refractivity contribution in [1.82, 2.24) is 4.31 Å². The molecule has 1 fully saturated rings. The maximum absolute atomic E-state index is 12.7. The number of esters is 1. The molecule has 114 valence electrons. The fourth-order valence-electron chi connectivity index (χ4n) is 2.04. The summed E-state index contributed by atoms with van der Waals surface area (Å²) in [6.07, 6.45) is -0.797. The van der Waals surface area contributed by atoms with Crippen molar-refractivity contribution in [3.63, 3.8) is 0 Å². The van der Waals surface area contributed by atoms with Gasteiger partial charge >= 0.3 is 5.97 Å². The second-order valence-corrected chi connectivity index (χ2v) is 7.17. The van der Waals surface area contributed by atoms with Crippen LogP contribution in [-0.2, 0) is 19.5 Å². The number of aryl methyl sites for hydroxylation is 1. The molecule has 1 aliphatic heterocycles. The summed E-state index contributed by atoms with van der Waals surface area (Å²) in [7, 11) is -2.66. The van der Waals surface area contributed by atoms with Gasteiger partial charge in [-0.1, -0.05) is 0 Å². The molecule has 7 nitrogen and oxygen atoms in total. The molecule has 0 aliphatic carbocycles. The van der Waals surface area contributed by atoms with Crippen LogP contribution >= 0.6 is 11.3 Å². The first-order chi connectivity index (χ1) is 9.91. The summed E-state index contributed by atoms with van der Waals surface area (Å²) in [5.41, 5.74) is 0.486. The predicted molar refractivity (Wildman–Crippen MR) is 74.5 cm³/mol. The van der Waals surface area contributed by atoms with Gasteiger partial charge in [0.2, 0.25) is 10.0 Å². The van der Waals surface area contributed by atoms with Crippen molar-refractivity contribution in [3.05, 3.63) is 15.8 Å². The minimum Gasteiger partial charge on any atom is -0.465 e. The van der Waals surface area contributed by atoms with E-state index in [1.807, 2.05) is 6.07 Å². The molecule has 0 radical (unpaired) electrons. The third kappa shape index (κ3) is 2.94. The third-order valence-electron chi connectivity index (χ3n) is 3.06. The van der Waals surface area contributed by atoms with Crippen LogP contribution < -0.4 is 0 Å². The van der Waals surface area contributed by atoms with E-state index in [1.54, 1.807) is 12.3 Å². The molecule has 2 heterocycles. The number of rotatable bonds is 3. The SMILES string of the molecule is COC(=O)c1scc(C)c1S(=O)(=O)N1CCOC(C#N)C1. The van der Waals surface area contributed by atoms with Crippen LogP contribution in [0.15, 0.2) is 10.3 Å². The molecule has 0 saturated carbocycles. The maximum atomic E-state index is 12.7. The van der Waals surface area contributed by atoms with Crippen molar-refractivity contribution in [1.29, 1.82) is 5.26 Å². The van der Waals surface area contributed by atoms with E-state index in [2.05, 4.69) is 4.74 Å². The highest BCUT2D eigenvalue weighted by Crippen LogP contribution is 2.30. The van der Waals surface area contributed by atoms with Gasteiger partial charge in [0.25, 0.3) is 0 Å². The summed E-state index contributed by atoms with van der Waals surface area (Å²) < 4.78 is 36.4. The van der Waals surface area contributed by atoms with Gasteiger partial charge in [0.15, 0.2) is 6.10 Å². The lowest BCUT2D eigenvalue weighted by molar-refractivity contribution is 0.0311. The minimum absolute atomic E-state index is 0.0436. The Hall–Kier alpha value is -1.47. The number of hydrogen-bond donors (Lipinski definition) is 0. The van der Waals surface area contributed by atoms with Crippen molar-refractivity contribution in [2.75, 3.05) is 26.8 Å². The molecular formula is C12H14N2O5S2. The monoisotopic (exact) mass is 330 g/mol. The first-order valence-electron chi connectivity index (χ1n) is 6.09. The van der Waals surface area contributed by atoms with Gasteiger partial charge in [-0.05, 0) is 17.9 Å². The fraction of sp³-hybridized carbons (Fsp3) is 0.500. The molecule has 1 atom stereocenters. The van der Waals surface area contributed by atoms with E-state index in [4.69, 9.17) is 10.00 Å². The summed E-state index contributed by atoms with van der Waals surface area (Å²) in [6, 6.07) is 1.90. The van der Waals surface area contributed by atoms with Gasteiger partial charge in [-0.25, -0.2) is 13.2 Å². The molecule has 0 spiro atoms. The molecular weight excluding hydrogens is 316 g/mol. The molecule has 9 heteroatoms. The standard InChI is InChI=1S/C12H14N2O5S2/c1-8-7-20-10(12(15)18-2)11(8)21(16,17)14-3-4-19-9(5-13)6-14/h7,9H,3-4,6H2,1-2H3. The van der Waals surface area contributed by atoms with Gasteiger partial charge in [-0.15, -0.1) is 11.3 Å². The minimum atomic E-state index is -3.87. The van der Waals surface area contributed by atoms with Gasteiger partial charge < -0.3 is 9.47 Å². The van der Waals surface area contributed by atoms with Crippen LogP contribution in [0.5, 0.6) is 0 Å². The molecule has 0 bridgehead atoms. The Balaban J connectivity index is 2.43. The van der Waals surface area contributed by atoms with E-state index >= 15 is 0 Å². The molecule has 2 rings (SSSR count). The van der Waals surface area contributed by atoms with E-state index in [1.165, 1.54) is 11.4 Å². The number of carbonyl (C=O) groups is 1. The second-order valence-electron chi connectivity index (χ2n) is 4.42. The summed E-state index contributed by atoms with van der Waals surface area (Å²) in [6.45, 7) is 1.87.